The molecule has 4 aromatic rings. The van der Waals surface area contributed by atoms with E-state index in [9.17, 15) is 9.59 Å². The first-order valence-corrected chi connectivity index (χ1v) is 8.87. The number of nitrogens with zero attached hydrogens (tertiary/aromatic N) is 3. The highest BCUT2D eigenvalue weighted by molar-refractivity contribution is 7.78. The van der Waals surface area contributed by atoms with Crippen LogP contribution in [0.4, 0.5) is 0 Å². The molecule has 28 heavy (non-hydrogen) atoms. The van der Waals surface area contributed by atoms with Crippen LogP contribution >= 0.6 is 24.4 Å². The van der Waals surface area contributed by atoms with Gasteiger partial charge in [-0.15, -0.1) is 0 Å². The van der Waals surface area contributed by atoms with Gasteiger partial charge in [-0.1, -0.05) is 18.2 Å². The number of carbonyl (C=O) groups excluding carboxylic acids is 1. The van der Waals surface area contributed by atoms with Gasteiger partial charge in [0.05, 0.1) is 17.2 Å². The number of aliphatic imine (C=N–C) groups is 1. The molecule has 0 aliphatic heterocycles. The Morgan fingerprint density at radius 3 is 2.64 bits per heavy atom. The number of nitrogens with one attached hydrogen (secondary N) is 3. The summed E-state index contributed by atoms with van der Waals surface area (Å²) < 4.78 is 2.21. The van der Waals surface area contributed by atoms with E-state index < -0.39 is 0 Å². The molecule has 10 heteroatoms. The molecule has 1 amide bonds. The van der Waals surface area contributed by atoms with Gasteiger partial charge in [-0.25, -0.2) is 4.98 Å². The number of imidazole rings is 1. The van der Waals surface area contributed by atoms with E-state index in [4.69, 9.17) is 12.2 Å². The zero-order chi connectivity index (χ0) is 19.9. The number of hydrogen-bond acceptors (Lipinski definition) is 5. The summed E-state index contributed by atoms with van der Waals surface area (Å²) in [4.78, 5) is 38.6. The van der Waals surface area contributed by atoms with E-state index in [0.717, 1.165) is 11.3 Å². The molecule has 1 aromatic carbocycles. The number of fused-ring (bicyclic) bond motifs is 1. The molecule has 0 atom stereocenters. The van der Waals surface area contributed by atoms with Crippen molar-refractivity contribution < 1.29 is 4.79 Å². The van der Waals surface area contributed by atoms with Gasteiger partial charge >= 0.3 is 0 Å². The molecule has 0 saturated carbocycles. The first-order valence-electron chi connectivity index (χ1n) is 8.06. The summed E-state index contributed by atoms with van der Waals surface area (Å²) >= 11 is 9.45. The first kappa shape index (κ1) is 19.3. The molecule has 0 saturated heterocycles. The minimum atomic E-state index is -0.347. The van der Waals surface area contributed by atoms with Gasteiger partial charge in [0.25, 0.3) is 11.5 Å². The molecule has 0 spiro atoms. The highest BCUT2D eigenvalue weighted by atomic mass is 32.1. The van der Waals surface area contributed by atoms with Gasteiger partial charge in [0.1, 0.15) is 11.3 Å². The molecule has 3 N–H and O–H groups in total. The second-order valence-corrected chi connectivity index (χ2v) is 6.06. The predicted octanol–water partition coefficient (Wildman–Crippen LogP) is 3.09. The molecule has 0 fully saturated rings. The van der Waals surface area contributed by atoms with Gasteiger partial charge in [0, 0.05) is 24.2 Å². The lowest BCUT2D eigenvalue weighted by molar-refractivity contribution is 0.100. The van der Waals surface area contributed by atoms with Crippen LogP contribution in [0.15, 0.2) is 64.8 Å². The molecular weight excluding hydrogens is 396 g/mol. The van der Waals surface area contributed by atoms with Crippen molar-refractivity contribution in [2.45, 2.75) is 6.54 Å². The summed E-state index contributed by atoms with van der Waals surface area (Å²) in [6.07, 6.45) is 5.14. The van der Waals surface area contributed by atoms with Gasteiger partial charge in [0.15, 0.2) is 4.77 Å². The molecule has 140 valence electrons. The molecule has 0 aliphatic rings. The average molecular weight is 410 g/mol. The van der Waals surface area contributed by atoms with Crippen molar-refractivity contribution in [3.8, 4) is 0 Å². The third-order valence-electron chi connectivity index (χ3n) is 3.74. The second kappa shape index (κ2) is 8.96. The number of aromatic nitrogens is 5. The van der Waals surface area contributed by atoms with Crippen LogP contribution in [0.5, 0.6) is 0 Å². The number of rotatable bonds is 3. The third kappa shape index (κ3) is 4.44. The quantitative estimate of drug-likeness (QED) is 0.355. The fourth-order valence-electron chi connectivity index (χ4n) is 2.48. The first-order chi connectivity index (χ1) is 13.6. The van der Waals surface area contributed by atoms with Crippen LogP contribution in [-0.2, 0) is 6.54 Å². The lowest BCUT2D eigenvalue weighted by Crippen LogP contribution is -2.15. The summed E-state index contributed by atoms with van der Waals surface area (Å²) in [5, 5.41) is 2.02. The zero-order valence-corrected chi connectivity index (χ0v) is 16.0. The Bertz CT molecular complexity index is 1250. The molecule has 0 bridgehead atoms. The number of benzene rings is 1. The van der Waals surface area contributed by atoms with Gasteiger partial charge in [0.2, 0.25) is 0 Å². The van der Waals surface area contributed by atoms with Gasteiger partial charge in [-0.3, -0.25) is 14.6 Å². The Morgan fingerprint density at radius 1 is 1.18 bits per heavy atom. The van der Waals surface area contributed by atoms with E-state index in [2.05, 4.69) is 37.1 Å². The zero-order valence-electron chi connectivity index (χ0n) is 14.4. The predicted molar refractivity (Wildman–Crippen MR) is 111 cm³/mol. The Hall–Kier alpha value is -3.46. The minimum Gasteiger partial charge on any atom is -0.355 e. The second-order valence-electron chi connectivity index (χ2n) is 5.49. The van der Waals surface area contributed by atoms with Crippen molar-refractivity contribution in [2.24, 2.45) is 4.99 Å². The number of thiocarbonyl (C=S) groups is 1. The molecule has 3 heterocycles. The normalized spacial score (nSPS) is 10.0. The Morgan fingerprint density at radius 2 is 1.96 bits per heavy atom. The number of aromatic amines is 3. The van der Waals surface area contributed by atoms with Crippen molar-refractivity contribution in [3.63, 3.8) is 0 Å². The molecule has 3 aromatic heterocycles. The number of hydrogen-bond donors (Lipinski definition) is 3. The molecule has 0 radical (unpaired) electrons. The van der Waals surface area contributed by atoms with Crippen LogP contribution in [0.3, 0.4) is 0 Å². The van der Waals surface area contributed by atoms with Crippen LogP contribution in [0, 0.1) is 4.77 Å². The van der Waals surface area contributed by atoms with Crippen molar-refractivity contribution in [1.29, 1.82) is 0 Å². The standard InChI is InChI=1S/C10H9N5OS.C8H5NOS/c16-9-8-6(1-2-13-8)15(10(17)14-9)5-7-11-3-4-12-7;10-8(9-6-11)7-4-2-1-3-5-7/h1-4,13H,5H2,(H,11,12)(H,14,16,17);1-5H. The molecule has 0 aliphatic carbocycles. The average Bonchev–Trinajstić information content (AvgIpc) is 3.39. The topological polar surface area (TPSA) is 112 Å². The number of amides is 1. The third-order valence-corrected chi connectivity index (χ3v) is 4.15. The summed E-state index contributed by atoms with van der Waals surface area (Å²) in [5.74, 6) is 0.441. The minimum absolute atomic E-state index is 0.203. The number of H-pyrrole nitrogens is 3. The van der Waals surface area contributed by atoms with Gasteiger partial charge in [-0.05, 0) is 42.6 Å². The van der Waals surface area contributed by atoms with E-state index in [1.165, 1.54) is 0 Å². The van der Waals surface area contributed by atoms with Crippen LogP contribution in [0.2, 0.25) is 0 Å². The SMILES string of the molecule is O=C(N=C=S)c1ccccc1.O=c1[nH]c(=S)n(Cc2ncc[nH]2)c2cc[nH]c12. The fourth-order valence-corrected chi connectivity index (χ4v) is 2.82. The van der Waals surface area contributed by atoms with Crippen LogP contribution < -0.4 is 5.56 Å². The monoisotopic (exact) mass is 410 g/mol. The highest BCUT2D eigenvalue weighted by Crippen LogP contribution is 2.09. The van der Waals surface area contributed by atoms with E-state index in [1.807, 2.05) is 21.9 Å². The van der Waals surface area contributed by atoms with E-state index in [-0.39, 0.29) is 11.5 Å². The lowest BCUT2D eigenvalue weighted by Gasteiger charge is -2.06. The largest absolute Gasteiger partial charge is 0.355 e. The maximum absolute atomic E-state index is 11.6. The van der Waals surface area contributed by atoms with Gasteiger partial charge in [-0.2, -0.15) is 4.99 Å². The smallest absolute Gasteiger partial charge is 0.285 e. The molecular formula is C18H14N6O2S2. The number of carbonyl (C=O) groups is 1. The summed E-state index contributed by atoms with van der Waals surface area (Å²) in [6.45, 7) is 0.497. The van der Waals surface area contributed by atoms with E-state index >= 15 is 0 Å². The van der Waals surface area contributed by atoms with Crippen molar-refractivity contribution >= 4 is 46.5 Å². The fraction of sp³-hybridized carbons (Fsp3) is 0.0556. The number of isothiocyanates is 1. The Balaban J connectivity index is 0.000000178. The van der Waals surface area contributed by atoms with E-state index in [1.54, 1.807) is 42.9 Å². The lowest BCUT2D eigenvalue weighted by atomic mass is 10.2. The van der Waals surface area contributed by atoms with Gasteiger partial charge < -0.3 is 14.5 Å². The summed E-state index contributed by atoms with van der Waals surface area (Å²) in [7, 11) is 0. The van der Waals surface area contributed by atoms with Crippen LogP contribution in [0.1, 0.15) is 16.2 Å². The summed E-state index contributed by atoms with van der Waals surface area (Å²) in [6, 6.07) is 10.6. The van der Waals surface area contributed by atoms with Crippen molar-refractivity contribution in [3.05, 3.63) is 81.5 Å². The van der Waals surface area contributed by atoms with Crippen molar-refractivity contribution in [2.75, 3.05) is 0 Å². The summed E-state index contributed by atoms with van der Waals surface area (Å²) in [5.41, 5.74) is 1.62. The highest BCUT2D eigenvalue weighted by Gasteiger charge is 2.07. The molecule has 4 rings (SSSR count). The Labute approximate surface area is 169 Å². The molecule has 8 nitrogen and oxygen atoms in total. The molecule has 0 unspecified atom stereocenters. The van der Waals surface area contributed by atoms with Crippen LogP contribution in [-0.4, -0.2) is 35.6 Å². The maximum atomic E-state index is 11.6. The van der Waals surface area contributed by atoms with E-state index in [0.29, 0.717) is 22.4 Å². The Kier molecular flexibility index (Phi) is 6.18. The maximum Gasteiger partial charge on any atom is 0.285 e. The van der Waals surface area contributed by atoms with Crippen LogP contribution in [0.25, 0.3) is 11.0 Å². The van der Waals surface area contributed by atoms with Crippen molar-refractivity contribution in [1.82, 2.24) is 24.5 Å².